The molecule has 6 heteroatoms. The third-order valence-corrected chi connectivity index (χ3v) is 6.39. The highest BCUT2D eigenvalue weighted by Crippen LogP contribution is 2.30. The Morgan fingerprint density at radius 2 is 1.80 bits per heavy atom. The van der Waals surface area contributed by atoms with Gasteiger partial charge in [0.15, 0.2) is 0 Å². The molecule has 2 unspecified atom stereocenters. The summed E-state index contributed by atoms with van der Waals surface area (Å²) in [5.41, 5.74) is 0.736. The molecule has 1 amide bonds. The summed E-state index contributed by atoms with van der Waals surface area (Å²) in [5, 5.41) is 10.1. The summed E-state index contributed by atoms with van der Waals surface area (Å²) in [6.45, 7) is 6.53. The molecule has 0 bridgehead atoms. The predicted molar refractivity (Wildman–Crippen MR) is 102 cm³/mol. The number of likely N-dealkylation sites (N-methyl/N-ethyl adjacent to an activating group) is 1. The van der Waals surface area contributed by atoms with Crippen LogP contribution in [-0.4, -0.2) is 78.1 Å². The Kier molecular flexibility index (Phi) is 5.83. The Morgan fingerprint density at radius 3 is 2.40 bits per heavy atom. The van der Waals surface area contributed by atoms with Crippen LogP contribution in [0.1, 0.15) is 25.3 Å². The molecule has 0 aromatic heterocycles. The maximum Gasteiger partial charge on any atom is 0.239 e. The number of piperidine rings is 1. The number of hydrogen-bond donors (Lipinski definition) is 1. The molecule has 2 aliphatic rings. The van der Waals surface area contributed by atoms with Crippen molar-refractivity contribution in [1.82, 2.24) is 14.7 Å². The second kappa shape index (κ2) is 7.74. The Morgan fingerprint density at radius 1 is 1.16 bits per heavy atom. The summed E-state index contributed by atoms with van der Waals surface area (Å²) in [6, 6.07) is 8.24. The molecule has 1 aromatic rings. The molecule has 0 saturated carbocycles. The molecule has 3 rings (SSSR count). The molecule has 138 valence electrons. The van der Waals surface area contributed by atoms with Gasteiger partial charge in [0.05, 0.1) is 18.2 Å². The third-order valence-electron chi connectivity index (χ3n) is 5.86. The van der Waals surface area contributed by atoms with Gasteiger partial charge >= 0.3 is 0 Å². The van der Waals surface area contributed by atoms with Crippen LogP contribution in [0.4, 0.5) is 0 Å². The van der Waals surface area contributed by atoms with Gasteiger partial charge in [-0.3, -0.25) is 14.6 Å². The fourth-order valence-electron chi connectivity index (χ4n) is 4.06. The summed E-state index contributed by atoms with van der Waals surface area (Å²) in [4.78, 5) is 19.0. The first-order chi connectivity index (χ1) is 12.0. The summed E-state index contributed by atoms with van der Waals surface area (Å²) < 4.78 is 1.04. The molecule has 1 N–H and O–H groups in total. The van der Waals surface area contributed by atoms with E-state index in [0.29, 0.717) is 0 Å². The zero-order valence-corrected chi connectivity index (χ0v) is 16.7. The first-order valence-electron chi connectivity index (χ1n) is 9.06. The molecule has 0 radical (unpaired) electrons. The van der Waals surface area contributed by atoms with Crippen molar-refractivity contribution in [2.24, 2.45) is 0 Å². The van der Waals surface area contributed by atoms with E-state index in [2.05, 4.69) is 44.8 Å². The number of carbonyl (C=O) groups excluding carboxylic acids is 1. The average molecular weight is 410 g/mol. The van der Waals surface area contributed by atoms with E-state index in [-0.39, 0.29) is 24.1 Å². The SMILES string of the molecule is CN1CCCC(N2CCN(C(C)(CO)c3ccc(Br)cc3)CC2)C1=O. The zero-order valence-electron chi connectivity index (χ0n) is 15.1. The van der Waals surface area contributed by atoms with Gasteiger partial charge in [-0.15, -0.1) is 0 Å². The molecule has 2 saturated heterocycles. The highest BCUT2D eigenvalue weighted by molar-refractivity contribution is 9.10. The fraction of sp³-hybridized carbons (Fsp3) is 0.632. The molecule has 1 aromatic carbocycles. The van der Waals surface area contributed by atoms with E-state index in [1.165, 1.54) is 0 Å². The van der Waals surface area contributed by atoms with Crippen LogP contribution in [-0.2, 0) is 10.3 Å². The van der Waals surface area contributed by atoms with Crippen molar-refractivity contribution in [3.05, 3.63) is 34.3 Å². The largest absolute Gasteiger partial charge is 0.394 e. The van der Waals surface area contributed by atoms with Crippen LogP contribution in [0.25, 0.3) is 0 Å². The zero-order chi connectivity index (χ0) is 18.0. The number of halogens is 1. The Bertz CT molecular complexity index is 601. The third kappa shape index (κ3) is 3.77. The van der Waals surface area contributed by atoms with Crippen molar-refractivity contribution in [2.75, 3.05) is 46.4 Å². The highest BCUT2D eigenvalue weighted by atomic mass is 79.9. The summed E-state index contributed by atoms with van der Waals surface area (Å²) in [7, 11) is 1.90. The molecule has 2 heterocycles. The standard InChI is InChI=1S/C19H28BrN3O2/c1-19(14-24,15-5-7-16(20)8-6-15)23-12-10-22(11-13-23)17-4-3-9-21(2)18(17)25/h5-8,17,24H,3-4,9-14H2,1-2H3. The number of amides is 1. The number of likely N-dealkylation sites (tertiary alicyclic amines) is 1. The van der Waals surface area contributed by atoms with Gasteiger partial charge in [-0.2, -0.15) is 0 Å². The minimum absolute atomic E-state index is 0.0361. The second-order valence-electron chi connectivity index (χ2n) is 7.38. The molecule has 2 atom stereocenters. The Balaban J connectivity index is 1.68. The van der Waals surface area contributed by atoms with E-state index in [1.807, 2.05) is 24.1 Å². The fourth-order valence-corrected chi connectivity index (χ4v) is 4.32. The molecule has 0 spiro atoms. The lowest BCUT2D eigenvalue weighted by Crippen LogP contribution is -2.60. The van der Waals surface area contributed by atoms with Crippen molar-refractivity contribution in [3.63, 3.8) is 0 Å². The van der Waals surface area contributed by atoms with Gasteiger partial charge in [0.2, 0.25) is 5.91 Å². The number of nitrogens with zero attached hydrogens (tertiary/aromatic N) is 3. The minimum Gasteiger partial charge on any atom is -0.394 e. The van der Waals surface area contributed by atoms with E-state index in [4.69, 9.17) is 0 Å². The molecule has 2 fully saturated rings. The molecular formula is C19H28BrN3O2. The Hall–Kier alpha value is -0.950. The first-order valence-corrected chi connectivity index (χ1v) is 9.86. The number of hydrogen-bond acceptors (Lipinski definition) is 4. The van der Waals surface area contributed by atoms with Crippen LogP contribution in [0.3, 0.4) is 0 Å². The van der Waals surface area contributed by atoms with Gasteiger partial charge < -0.3 is 10.0 Å². The van der Waals surface area contributed by atoms with Crippen molar-refractivity contribution in [1.29, 1.82) is 0 Å². The molecule has 5 nitrogen and oxygen atoms in total. The number of carbonyl (C=O) groups is 1. The van der Waals surface area contributed by atoms with Crippen molar-refractivity contribution in [3.8, 4) is 0 Å². The average Bonchev–Trinajstić information content (AvgIpc) is 2.64. The van der Waals surface area contributed by atoms with E-state index in [9.17, 15) is 9.90 Å². The van der Waals surface area contributed by atoms with Gasteiger partial charge in [0.1, 0.15) is 0 Å². The normalized spacial score (nSPS) is 25.8. The minimum atomic E-state index is -0.389. The first kappa shape index (κ1) is 18.8. The van der Waals surface area contributed by atoms with E-state index in [0.717, 1.165) is 55.6 Å². The van der Waals surface area contributed by atoms with Gasteiger partial charge in [-0.1, -0.05) is 28.1 Å². The predicted octanol–water partition coefficient (Wildman–Crippen LogP) is 1.89. The molecular weight excluding hydrogens is 382 g/mol. The number of benzene rings is 1. The topological polar surface area (TPSA) is 47.0 Å². The molecule has 25 heavy (non-hydrogen) atoms. The lowest BCUT2D eigenvalue weighted by atomic mass is 9.90. The smallest absolute Gasteiger partial charge is 0.239 e. The van der Waals surface area contributed by atoms with E-state index in [1.54, 1.807) is 0 Å². The molecule has 2 aliphatic heterocycles. The van der Waals surface area contributed by atoms with Crippen molar-refractivity contribution >= 4 is 21.8 Å². The quantitative estimate of drug-likeness (QED) is 0.824. The summed E-state index contributed by atoms with van der Waals surface area (Å²) >= 11 is 3.47. The number of piperazine rings is 1. The van der Waals surface area contributed by atoms with E-state index < -0.39 is 0 Å². The van der Waals surface area contributed by atoms with E-state index >= 15 is 0 Å². The van der Waals surface area contributed by atoms with Crippen LogP contribution in [0.2, 0.25) is 0 Å². The second-order valence-corrected chi connectivity index (χ2v) is 8.30. The van der Waals surface area contributed by atoms with Gasteiger partial charge in [0.25, 0.3) is 0 Å². The van der Waals surface area contributed by atoms with Crippen LogP contribution < -0.4 is 0 Å². The van der Waals surface area contributed by atoms with Crippen molar-refractivity contribution < 1.29 is 9.90 Å². The lowest BCUT2D eigenvalue weighted by Gasteiger charge is -2.47. The number of aliphatic hydroxyl groups excluding tert-OH is 1. The van der Waals surface area contributed by atoms with Gasteiger partial charge in [-0.05, 0) is 37.5 Å². The monoisotopic (exact) mass is 409 g/mol. The van der Waals surface area contributed by atoms with Crippen LogP contribution in [0, 0.1) is 0 Å². The van der Waals surface area contributed by atoms with Gasteiger partial charge in [-0.25, -0.2) is 0 Å². The lowest BCUT2D eigenvalue weighted by molar-refractivity contribution is -0.140. The number of rotatable bonds is 4. The summed E-state index contributed by atoms with van der Waals surface area (Å²) in [6.07, 6.45) is 2.05. The van der Waals surface area contributed by atoms with Gasteiger partial charge in [0, 0.05) is 44.2 Å². The highest BCUT2D eigenvalue weighted by Gasteiger charge is 2.38. The van der Waals surface area contributed by atoms with Crippen LogP contribution >= 0.6 is 15.9 Å². The summed E-state index contributed by atoms with van der Waals surface area (Å²) in [5.74, 6) is 0.262. The molecule has 0 aliphatic carbocycles. The maximum atomic E-state index is 12.4. The van der Waals surface area contributed by atoms with Crippen LogP contribution in [0.5, 0.6) is 0 Å². The number of aliphatic hydroxyl groups is 1. The van der Waals surface area contributed by atoms with Crippen molar-refractivity contribution in [2.45, 2.75) is 31.3 Å². The Labute approximate surface area is 158 Å². The maximum absolute atomic E-state index is 12.4. The van der Waals surface area contributed by atoms with Crippen LogP contribution in [0.15, 0.2) is 28.7 Å².